The molecular weight excluding hydrogens is 270 g/mol. The minimum atomic E-state index is -1.19. The van der Waals surface area contributed by atoms with Crippen molar-refractivity contribution in [2.24, 2.45) is 0 Å². The molecule has 0 bridgehead atoms. The first kappa shape index (κ1) is 15.9. The number of anilines is 1. The predicted octanol–water partition coefficient (Wildman–Crippen LogP) is 2.60. The summed E-state index contributed by atoms with van der Waals surface area (Å²) in [5.41, 5.74) is -0.208. The number of carbonyl (C=O) groups is 2. The molecule has 0 saturated heterocycles. The van der Waals surface area contributed by atoms with Crippen LogP contribution in [0.15, 0.2) is 12.1 Å². The predicted molar refractivity (Wildman–Crippen MR) is 69.6 cm³/mol. The number of nitrogens with one attached hydrogen (secondary N) is 1. The molecule has 0 aliphatic carbocycles. The number of benzene rings is 1. The Morgan fingerprint density at radius 1 is 1.30 bits per heavy atom. The van der Waals surface area contributed by atoms with E-state index in [0.717, 1.165) is 17.0 Å². The van der Waals surface area contributed by atoms with Crippen LogP contribution in [-0.4, -0.2) is 34.6 Å². The zero-order valence-corrected chi connectivity index (χ0v) is 11.4. The third-order valence-corrected chi connectivity index (χ3v) is 2.68. The molecule has 1 rings (SSSR count). The van der Waals surface area contributed by atoms with Crippen molar-refractivity contribution in [3.8, 4) is 0 Å². The summed E-state index contributed by atoms with van der Waals surface area (Å²) in [6.45, 7) is 4.11. The molecule has 1 aromatic carbocycles. The van der Waals surface area contributed by atoms with Gasteiger partial charge in [-0.2, -0.15) is 0 Å². The highest BCUT2D eigenvalue weighted by Gasteiger charge is 2.21. The first-order valence-electron chi connectivity index (χ1n) is 5.97. The van der Waals surface area contributed by atoms with Gasteiger partial charge in [-0.15, -0.1) is 0 Å². The van der Waals surface area contributed by atoms with Gasteiger partial charge in [-0.1, -0.05) is 0 Å². The van der Waals surface area contributed by atoms with Gasteiger partial charge in [0.05, 0.1) is 5.69 Å². The standard InChI is InChI=1S/C13H16F2N2O3/c1-7(2)17(6-12(18)19)13(20)16-11-5-9(14)8(3)4-10(11)15/h4-5,7H,6H2,1-3H3,(H,16,20)(H,18,19). The molecule has 0 fully saturated rings. The van der Waals surface area contributed by atoms with Crippen LogP contribution in [0.1, 0.15) is 19.4 Å². The third kappa shape index (κ3) is 3.91. The summed E-state index contributed by atoms with van der Waals surface area (Å²) in [5.74, 6) is -2.63. The van der Waals surface area contributed by atoms with Crippen molar-refractivity contribution in [2.75, 3.05) is 11.9 Å². The second kappa shape index (κ2) is 6.31. The summed E-state index contributed by atoms with van der Waals surface area (Å²) in [7, 11) is 0. The summed E-state index contributed by atoms with van der Waals surface area (Å²) in [4.78, 5) is 23.6. The second-order valence-electron chi connectivity index (χ2n) is 4.63. The van der Waals surface area contributed by atoms with E-state index in [4.69, 9.17) is 5.11 Å². The number of urea groups is 1. The second-order valence-corrected chi connectivity index (χ2v) is 4.63. The Morgan fingerprint density at radius 2 is 1.90 bits per heavy atom. The van der Waals surface area contributed by atoms with Gasteiger partial charge in [0.1, 0.15) is 18.2 Å². The van der Waals surface area contributed by atoms with E-state index in [-0.39, 0.29) is 11.3 Å². The van der Waals surface area contributed by atoms with Crippen LogP contribution >= 0.6 is 0 Å². The van der Waals surface area contributed by atoms with Crippen LogP contribution in [0.2, 0.25) is 0 Å². The molecule has 110 valence electrons. The number of halogens is 2. The molecule has 0 saturated carbocycles. The normalized spacial score (nSPS) is 10.5. The number of carboxylic acid groups (broad SMARTS) is 1. The maximum atomic E-state index is 13.6. The molecule has 2 N–H and O–H groups in total. The average molecular weight is 286 g/mol. The van der Waals surface area contributed by atoms with E-state index in [1.54, 1.807) is 13.8 Å². The molecular formula is C13H16F2N2O3. The summed E-state index contributed by atoms with van der Waals surface area (Å²) < 4.78 is 27.0. The Kier molecular flexibility index (Phi) is 5.01. The van der Waals surface area contributed by atoms with Crippen molar-refractivity contribution in [2.45, 2.75) is 26.8 Å². The maximum Gasteiger partial charge on any atom is 0.323 e. The van der Waals surface area contributed by atoms with E-state index in [1.165, 1.54) is 6.92 Å². The molecule has 20 heavy (non-hydrogen) atoms. The average Bonchev–Trinajstić information content (AvgIpc) is 2.32. The van der Waals surface area contributed by atoms with Crippen molar-refractivity contribution in [3.05, 3.63) is 29.3 Å². The monoisotopic (exact) mass is 286 g/mol. The number of hydrogen-bond donors (Lipinski definition) is 2. The maximum absolute atomic E-state index is 13.6. The zero-order chi connectivity index (χ0) is 15.4. The van der Waals surface area contributed by atoms with E-state index in [1.807, 2.05) is 0 Å². The fourth-order valence-corrected chi connectivity index (χ4v) is 1.56. The van der Waals surface area contributed by atoms with Crippen molar-refractivity contribution in [1.82, 2.24) is 4.90 Å². The third-order valence-electron chi connectivity index (χ3n) is 2.68. The van der Waals surface area contributed by atoms with Gasteiger partial charge in [0.15, 0.2) is 0 Å². The number of amides is 2. The van der Waals surface area contributed by atoms with Crippen molar-refractivity contribution in [3.63, 3.8) is 0 Å². The Morgan fingerprint density at radius 3 is 2.40 bits per heavy atom. The number of aryl methyl sites for hydroxylation is 1. The van der Waals surface area contributed by atoms with Gasteiger partial charge in [-0.3, -0.25) is 4.79 Å². The fourth-order valence-electron chi connectivity index (χ4n) is 1.56. The Bertz CT molecular complexity index is 533. The summed E-state index contributed by atoms with van der Waals surface area (Å²) in [6, 6.07) is 0.623. The Labute approximate surface area is 115 Å². The Hall–Kier alpha value is -2.18. The zero-order valence-electron chi connectivity index (χ0n) is 11.4. The van der Waals surface area contributed by atoms with Crippen molar-refractivity contribution >= 4 is 17.7 Å². The number of rotatable bonds is 4. The number of carbonyl (C=O) groups excluding carboxylic acids is 1. The highest BCUT2D eigenvalue weighted by Crippen LogP contribution is 2.19. The topological polar surface area (TPSA) is 69.6 Å². The number of nitrogens with zero attached hydrogens (tertiary/aromatic N) is 1. The van der Waals surface area contributed by atoms with Gasteiger partial charge in [-0.25, -0.2) is 13.6 Å². The van der Waals surface area contributed by atoms with Crippen molar-refractivity contribution in [1.29, 1.82) is 0 Å². The lowest BCUT2D eigenvalue weighted by Crippen LogP contribution is -2.43. The quantitative estimate of drug-likeness (QED) is 0.893. The van der Waals surface area contributed by atoms with Crippen LogP contribution in [0, 0.1) is 18.6 Å². The first-order valence-corrected chi connectivity index (χ1v) is 5.97. The lowest BCUT2D eigenvalue weighted by Gasteiger charge is -2.25. The summed E-state index contributed by atoms with van der Waals surface area (Å²) in [5, 5.41) is 10.9. The van der Waals surface area contributed by atoms with Crippen LogP contribution in [0.25, 0.3) is 0 Å². The molecule has 0 aliphatic heterocycles. The van der Waals surface area contributed by atoms with E-state index in [9.17, 15) is 18.4 Å². The molecule has 0 radical (unpaired) electrons. The lowest BCUT2D eigenvalue weighted by atomic mass is 10.2. The van der Waals surface area contributed by atoms with Gasteiger partial charge in [-0.05, 0) is 32.4 Å². The van der Waals surface area contributed by atoms with Gasteiger partial charge in [0.25, 0.3) is 0 Å². The summed E-state index contributed by atoms with van der Waals surface area (Å²) >= 11 is 0. The van der Waals surface area contributed by atoms with Crippen LogP contribution in [0.4, 0.5) is 19.3 Å². The number of carboxylic acids is 1. The molecule has 1 aromatic rings. The van der Waals surface area contributed by atoms with Crippen LogP contribution < -0.4 is 5.32 Å². The minimum absolute atomic E-state index is 0.117. The van der Waals surface area contributed by atoms with E-state index in [0.29, 0.717) is 0 Å². The Balaban J connectivity index is 2.93. The molecule has 0 spiro atoms. The minimum Gasteiger partial charge on any atom is -0.480 e. The lowest BCUT2D eigenvalue weighted by molar-refractivity contribution is -0.137. The van der Waals surface area contributed by atoms with Crippen LogP contribution in [0.3, 0.4) is 0 Å². The van der Waals surface area contributed by atoms with Crippen molar-refractivity contribution < 1.29 is 23.5 Å². The van der Waals surface area contributed by atoms with Gasteiger partial charge < -0.3 is 15.3 Å². The molecule has 0 aliphatic rings. The first-order chi connectivity index (χ1) is 9.22. The van der Waals surface area contributed by atoms with E-state index < -0.39 is 36.2 Å². The highest BCUT2D eigenvalue weighted by atomic mass is 19.1. The SMILES string of the molecule is Cc1cc(F)c(NC(=O)N(CC(=O)O)C(C)C)cc1F. The fraction of sp³-hybridized carbons (Fsp3) is 0.385. The smallest absolute Gasteiger partial charge is 0.323 e. The van der Waals surface area contributed by atoms with Gasteiger partial charge in [0.2, 0.25) is 0 Å². The van der Waals surface area contributed by atoms with E-state index >= 15 is 0 Å². The molecule has 0 heterocycles. The molecule has 0 unspecified atom stereocenters. The highest BCUT2D eigenvalue weighted by molar-refractivity contribution is 5.91. The largest absolute Gasteiger partial charge is 0.480 e. The van der Waals surface area contributed by atoms with Crippen LogP contribution in [0.5, 0.6) is 0 Å². The number of hydrogen-bond acceptors (Lipinski definition) is 2. The molecule has 5 nitrogen and oxygen atoms in total. The van der Waals surface area contributed by atoms with Gasteiger partial charge in [0, 0.05) is 12.1 Å². The number of aliphatic carboxylic acids is 1. The van der Waals surface area contributed by atoms with Crippen LogP contribution in [-0.2, 0) is 4.79 Å². The van der Waals surface area contributed by atoms with Gasteiger partial charge >= 0.3 is 12.0 Å². The molecule has 2 amide bonds. The summed E-state index contributed by atoms with van der Waals surface area (Å²) in [6.07, 6.45) is 0. The molecule has 0 atom stereocenters. The molecule has 7 heteroatoms. The molecule has 0 aromatic heterocycles. The van der Waals surface area contributed by atoms with E-state index in [2.05, 4.69) is 5.32 Å².